The van der Waals surface area contributed by atoms with E-state index in [1.807, 2.05) is 30.3 Å². The molecule has 98 valence electrons. The summed E-state index contributed by atoms with van der Waals surface area (Å²) in [7, 11) is 0. The first kappa shape index (κ1) is 12.0. The highest BCUT2D eigenvalue weighted by atomic mass is 16.1. The number of hydrogen-bond donors (Lipinski definition) is 2. The maximum absolute atomic E-state index is 11.9. The molecule has 2 heterocycles. The molecular weight excluding hydrogens is 254 g/mol. The third kappa shape index (κ3) is 2.54. The SMILES string of the molecule is O=C(Nc1ccn[nH]1)c1cnc(-c2ccccc2)nc1. The van der Waals surface area contributed by atoms with Crippen molar-refractivity contribution in [3.63, 3.8) is 0 Å². The molecule has 20 heavy (non-hydrogen) atoms. The zero-order valence-corrected chi connectivity index (χ0v) is 10.4. The molecule has 3 aromatic rings. The van der Waals surface area contributed by atoms with Gasteiger partial charge in [-0.2, -0.15) is 5.10 Å². The summed E-state index contributed by atoms with van der Waals surface area (Å²) in [6.07, 6.45) is 4.56. The average Bonchev–Trinajstić information content (AvgIpc) is 3.01. The third-order valence-corrected chi connectivity index (χ3v) is 2.69. The molecule has 0 aliphatic rings. The van der Waals surface area contributed by atoms with E-state index >= 15 is 0 Å². The molecule has 0 radical (unpaired) electrons. The molecular formula is C14H11N5O. The van der Waals surface area contributed by atoms with Crippen LogP contribution in [0.5, 0.6) is 0 Å². The predicted molar refractivity (Wildman–Crippen MR) is 74.0 cm³/mol. The number of aromatic nitrogens is 4. The number of nitrogens with zero attached hydrogens (tertiary/aromatic N) is 3. The fourth-order valence-corrected chi connectivity index (χ4v) is 1.70. The fourth-order valence-electron chi connectivity index (χ4n) is 1.70. The van der Waals surface area contributed by atoms with E-state index in [0.717, 1.165) is 5.56 Å². The fraction of sp³-hybridized carbons (Fsp3) is 0. The Hall–Kier alpha value is -3.02. The van der Waals surface area contributed by atoms with E-state index in [0.29, 0.717) is 17.2 Å². The van der Waals surface area contributed by atoms with Crippen molar-refractivity contribution in [2.75, 3.05) is 5.32 Å². The van der Waals surface area contributed by atoms with Crippen LogP contribution in [0.3, 0.4) is 0 Å². The van der Waals surface area contributed by atoms with Crippen LogP contribution in [0.2, 0.25) is 0 Å². The van der Waals surface area contributed by atoms with Crippen LogP contribution in [-0.4, -0.2) is 26.1 Å². The van der Waals surface area contributed by atoms with Crippen LogP contribution in [0.25, 0.3) is 11.4 Å². The Morgan fingerprint density at radius 2 is 1.80 bits per heavy atom. The Kier molecular flexibility index (Phi) is 3.20. The second kappa shape index (κ2) is 5.31. The van der Waals surface area contributed by atoms with Gasteiger partial charge in [-0.15, -0.1) is 0 Å². The Bertz CT molecular complexity index is 692. The van der Waals surface area contributed by atoms with Crippen molar-refractivity contribution in [2.24, 2.45) is 0 Å². The lowest BCUT2D eigenvalue weighted by atomic mass is 10.2. The average molecular weight is 265 g/mol. The van der Waals surface area contributed by atoms with E-state index in [1.54, 1.807) is 12.3 Å². The number of carbonyl (C=O) groups excluding carboxylic acids is 1. The molecule has 2 N–H and O–H groups in total. The second-order valence-corrected chi connectivity index (χ2v) is 4.09. The highest BCUT2D eigenvalue weighted by molar-refractivity contribution is 6.03. The molecule has 0 aliphatic carbocycles. The molecule has 0 unspecified atom stereocenters. The number of carbonyl (C=O) groups is 1. The van der Waals surface area contributed by atoms with Gasteiger partial charge in [-0.25, -0.2) is 9.97 Å². The van der Waals surface area contributed by atoms with Crippen molar-refractivity contribution in [1.82, 2.24) is 20.2 Å². The van der Waals surface area contributed by atoms with Gasteiger partial charge in [0.1, 0.15) is 5.82 Å². The molecule has 0 aliphatic heterocycles. The molecule has 0 saturated heterocycles. The maximum Gasteiger partial charge on any atom is 0.259 e. The minimum absolute atomic E-state index is 0.283. The lowest BCUT2D eigenvalue weighted by Gasteiger charge is -2.03. The largest absolute Gasteiger partial charge is 0.307 e. The Morgan fingerprint density at radius 1 is 1.05 bits per heavy atom. The van der Waals surface area contributed by atoms with Gasteiger partial charge < -0.3 is 5.32 Å². The van der Waals surface area contributed by atoms with Crippen LogP contribution >= 0.6 is 0 Å². The molecule has 1 amide bonds. The zero-order chi connectivity index (χ0) is 13.8. The minimum atomic E-state index is -0.283. The zero-order valence-electron chi connectivity index (χ0n) is 10.4. The first-order chi connectivity index (χ1) is 9.83. The lowest BCUT2D eigenvalue weighted by Crippen LogP contribution is -2.13. The molecule has 0 fully saturated rings. The maximum atomic E-state index is 11.9. The number of nitrogens with one attached hydrogen (secondary N) is 2. The first-order valence-electron chi connectivity index (χ1n) is 6.01. The van der Waals surface area contributed by atoms with Crippen LogP contribution in [0.15, 0.2) is 55.0 Å². The van der Waals surface area contributed by atoms with Crippen molar-refractivity contribution in [1.29, 1.82) is 0 Å². The number of H-pyrrole nitrogens is 1. The monoisotopic (exact) mass is 265 g/mol. The quantitative estimate of drug-likeness (QED) is 0.759. The lowest BCUT2D eigenvalue weighted by molar-refractivity contribution is 0.102. The van der Waals surface area contributed by atoms with Crippen LogP contribution in [0, 0.1) is 0 Å². The third-order valence-electron chi connectivity index (χ3n) is 2.69. The summed E-state index contributed by atoms with van der Waals surface area (Å²) < 4.78 is 0. The second-order valence-electron chi connectivity index (χ2n) is 4.09. The highest BCUT2D eigenvalue weighted by Gasteiger charge is 2.08. The van der Waals surface area contributed by atoms with Crippen molar-refractivity contribution in [3.8, 4) is 11.4 Å². The molecule has 0 spiro atoms. The molecule has 6 heteroatoms. The van der Waals surface area contributed by atoms with E-state index in [-0.39, 0.29) is 5.91 Å². The van der Waals surface area contributed by atoms with Crippen molar-refractivity contribution in [2.45, 2.75) is 0 Å². The summed E-state index contributed by atoms with van der Waals surface area (Å²) in [5, 5.41) is 9.06. The number of aromatic amines is 1. The predicted octanol–water partition coefficient (Wildman–Crippen LogP) is 2.12. The molecule has 0 bridgehead atoms. The minimum Gasteiger partial charge on any atom is -0.307 e. The van der Waals surface area contributed by atoms with Gasteiger partial charge in [0.25, 0.3) is 5.91 Å². The van der Waals surface area contributed by atoms with Gasteiger partial charge in [-0.05, 0) is 0 Å². The van der Waals surface area contributed by atoms with Crippen LogP contribution < -0.4 is 5.32 Å². The molecule has 0 saturated carbocycles. The van der Waals surface area contributed by atoms with Gasteiger partial charge in [-0.1, -0.05) is 30.3 Å². The van der Waals surface area contributed by atoms with Crippen LogP contribution in [-0.2, 0) is 0 Å². The van der Waals surface area contributed by atoms with Crippen LogP contribution in [0.4, 0.5) is 5.82 Å². The Labute approximate surface area is 114 Å². The van der Waals surface area contributed by atoms with Gasteiger partial charge in [0, 0.05) is 24.0 Å². The van der Waals surface area contributed by atoms with E-state index in [9.17, 15) is 4.79 Å². The number of hydrogen-bond acceptors (Lipinski definition) is 4. The summed E-state index contributed by atoms with van der Waals surface area (Å²) in [5.41, 5.74) is 1.30. The van der Waals surface area contributed by atoms with Gasteiger partial charge in [0.2, 0.25) is 0 Å². The molecule has 1 aromatic carbocycles. The molecule has 0 atom stereocenters. The smallest absolute Gasteiger partial charge is 0.259 e. The Balaban J connectivity index is 1.78. The van der Waals surface area contributed by atoms with E-state index in [1.165, 1.54) is 12.4 Å². The van der Waals surface area contributed by atoms with E-state index in [4.69, 9.17) is 0 Å². The van der Waals surface area contributed by atoms with E-state index in [2.05, 4.69) is 25.5 Å². The van der Waals surface area contributed by atoms with E-state index < -0.39 is 0 Å². The number of benzene rings is 1. The van der Waals surface area contributed by atoms with Crippen molar-refractivity contribution < 1.29 is 4.79 Å². The standard InChI is InChI=1S/C14H11N5O/c20-14(18-12-6-7-17-19-12)11-8-15-13(16-9-11)10-4-2-1-3-5-10/h1-9H,(H2,17,18,19,20). The van der Waals surface area contributed by atoms with Crippen LogP contribution in [0.1, 0.15) is 10.4 Å². The first-order valence-corrected chi connectivity index (χ1v) is 6.01. The summed E-state index contributed by atoms with van der Waals surface area (Å²) in [5.74, 6) is 0.833. The summed E-state index contributed by atoms with van der Waals surface area (Å²) >= 11 is 0. The summed E-state index contributed by atoms with van der Waals surface area (Å²) in [4.78, 5) is 20.3. The van der Waals surface area contributed by atoms with Gasteiger partial charge in [-0.3, -0.25) is 9.89 Å². The van der Waals surface area contributed by atoms with Crippen molar-refractivity contribution in [3.05, 3.63) is 60.6 Å². The number of amides is 1. The van der Waals surface area contributed by atoms with Crippen molar-refractivity contribution >= 4 is 11.7 Å². The Morgan fingerprint density at radius 3 is 2.45 bits per heavy atom. The summed E-state index contributed by atoms with van der Waals surface area (Å²) in [6, 6.07) is 11.3. The van der Waals surface area contributed by atoms with Gasteiger partial charge in [0.05, 0.1) is 11.8 Å². The number of rotatable bonds is 3. The molecule has 3 rings (SSSR count). The molecule has 6 nitrogen and oxygen atoms in total. The number of anilines is 1. The van der Waals surface area contributed by atoms with Gasteiger partial charge >= 0.3 is 0 Å². The molecule has 2 aromatic heterocycles. The normalized spacial score (nSPS) is 10.2. The summed E-state index contributed by atoms with van der Waals surface area (Å²) in [6.45, 7) is 0. The highest BCUT2D eigenvalue weighted by Crippen LogP contribution is 2.13. The topological polar surface area (TPSA) is 83.6 Å². The van der Waals surface area contributed by atoms with Gasteiger partial charge in [0.15, 0.2) is 5.82 Å².